The summed E-state index contributed by atoms with van der Waals surface area (Å²) in [5, 5.41) is 2.62. The van der Waals surface area contributed by atoms with Gasteiger partial charge in [0.25, 0.3) is 0 Å². The molecule has 11 aromatic carbocycles. The third-order valence-corrected chi connectivity index (χ3v) is 16.2. The molecule has 326 valence electrons. The minimum atomic E-state index is -0.671. The van der Waals surface area contributed by atoms with Crippen molar-refractivity contribution in [3.8, 4) is 78.3 Å². The smallest absolute Gasteiger partial charge is 0.135 e. The van der Waals surface area contributed by atoms with Crippen LogP contribution in [0.2, 0.25) is 0 Å². The van der Waals surface area contributed by atoms with E-state index in [-0.39, 0.29) is 0 Å². The van der Waals surface area contributed by atoms with Crippen LogP contribution >= 0.6 is 11.3 Å². The number of para-hydroxylation sites is 3. The Morgan fingerprint density at radius 3 is 1.53 bits per heavy atom. The lowest BCUT2D eigenvalue weighted by atomic mass is 9.65. The van der Waals surface area contributed by atoms with E-state index in [4.69, 9.17) is 4.74 Å². The number of anilines is 3. The fraction of sp³-hybridized carbons (Fsp3) is 0.0149. The molecule has 0 amide bonds. The van der Waals surface area contributed by atoms with Crippen LogP contribution in [0.3, 0.4) is 0 Å². The van der Waals surface area contributed by atoms with Crippen molar-refractivity contribution in [3.05, 3.63) is 271 Å². The molecule has 3 aliphatic rings. The van der Waals surface area contributed by atoms with Crippen molar-refractivity contribution < 1.29 is 4.74 Å². The summed E-state index contributed by atoms with van der Waals surface area (Å²) in [4.78, 5) is 2.50. The van der Waals surface area contributed by atoms with E-state index in [9.17, 15) is 0 Å². The number of hydrogen-bond donors (Lipinski definition) is 0. The molecule has 1 atom stereocenters. The molecule has 0 N–H and O–H groups in total. The van der Waals surface area contributed by atoms with Gasteiger partial charge >= 0.3 is 0 Å². The van der Waals surface area contributed by atoms with Gasteiger partial charge in [-0.05, 0) is 133 Å². The second-order valence-electron chi connectivity index (χ2n) is 18.7. The van der Waals surface area contributed by atoms with E-state index < -0.39 is 5.41 Å². The van der Waals surface area contributed by atoms with Crippen molar-refractivity contribution >= 4 is 48.6 Å². The predicted octanol–water partition coefficient (Wildman–Crippen LogP) is 18.6. The topological polar surface area (TPSA) is 12.5 Å². The monoisotopic (exact) mass is 907 g/mol. The highest BCUT2D eigenvalue weighted by Gasteiger charge is 2.50. The van der Waals surface area contributed by atoms with Gasteiger partial charge in [-0.1, -0.05) is 188 Å². The van der Waals surface area contributed by atoms with Crippen LogP contribution in [0.5, 0.6) is 11.5 Å². The molecule has 12 aromatic rings. The minimum Gasteiger partial charge on any atom is -0.456 e. The van der Waals surface area contributed by atoms with Crippen LogP contribution in [0.1, 0.15) is 22.3 Å². The Balaban J connectivity index is 1.06. The highest BCUT2D eigenvalue weighted by Crippen LogP contribution is 2.63. The number of rotatable bonds is 4. The molecule has 15 rings (SSSR count). The van der Waals surface area contributed by atoms with Crippen LogP contribution in [0.15, 0.2) is 249 Å². The zero-order valence-corrected chi connectivity index (χ0v) is 38.8. The summed E-state index contributed by atoms with van der Waals surface area (Å²) < 4.78 is 9.32. The molecule has 1 aromatic heterocycles. The number of hydrogen-bond acceptors (Lipinski definition) is 3. The first-order chi connectivity index (χ1) is 34.7. The number of nitrogens with zero attached hydrogens (tertiary/aromatic N) is 1. The summed E-state index contributed by atoms with van der Waals surface area (Å²) in [5.41, 5.74) is 22.0. The maximum atomic E-state index is 6.70. The number of thiophene rings is 1. The first kappa shape index (κ1) is 39.3. The zero-order valence-electron chi connectivity index (χ0n) is 37.9. The van der Waals surface area contributed by atoms with E-state index in [1.807, 2.05) is 11.3 Å². The SMILES string of the molecule is c1ccc(-c2ccccc2N(c2ccc3c(c2)-c2ccccc2Oc2ccccc2-3)c2ccc3c(c2)C2(c4ccccc4-c4ccccc4-3)c3ccccc3-c3cc4c(cc32)sc2ccccc24)cc1. The van der Waals surface area contributed by atoms with E-state index in [1.54, 1.807) is 0 Å². The maximum Gasteiger partial charge on any atom is 0.135 e. The molecule has 2 heterocycles. The summed E-state index contributed by atoms with van der Waals surface area (Å²) in [6, 6.07) is 92.2. The minimum absolute atomic E-state index is 0.671. The third-order valence-electron chi connectivity index (χ3n) is 15.1. The molecule has 3 heteroatoms. The molecule has 1 unspecified atom stereocenters. The first-order valence-electron chi connectivity index (χ1n) is 24.1. The molecule has 0 bridgehead atoms. The zero-order chi connectivity index (χ0) is 45.9. The molecule has 1 aliphatic heterocycles. The van der Waals surface area contributed by atoms with Crippen LogP contribution in [0.25, 0.3) is 86.9 Å². The number of ether oxygens (including phenoxy) is 1. The summed E-state index contributed by atoms with van der Waals surface area (Å²) in [6.07, 6.45) is 0. The Labute approximate surface area is 410 Å². The number of fused-ring (bicyclic) bond motifs is 20. The molecule has 2 aliphatic carbocycles. The standard InChI is InChI=1S/C67H41NOS/c1-2-18-42(19-3-1)45-20-8-14-30-62(45)68(43-34-36-48-52-25-9-15-31-63(52)69-64-32-16-10-26-53(64)55(48)38-43)44-35-37-51-47-22-5-4-21-46(47)49-23-6-12-28-58(49)67(60(51)39-44)59-29-13-7-24-50(59)56-40-57-54-27-11-17-33-65(54)70-66(57)41-61(56)67/h1-41H. The fourth-order valence-electron chi connectivity index (χ4n) is 12.2. The molecule has 0 saturated carbocycles. The summed E-state index contributed by atoms with van der Waals surface area (Å²) in [7, 11) is 0. The lowest BCUT2D eigenvalue weighted by molar-refractivity contribution is 0.488. The highest BCUT2D eigenvalue weighted by atomic mass is 32.1. The van der Waals surface area contributed by atoms with Crippen LogP contribution in [0.4, 0.5) is 17.1 Å². The summed E-state index contributed by atoms with van der Waals surface area (Å²) in [5.74, 6) is 1.70. The van der Waals surface area contributed by atoms with Crippen molar-refractivity contribution in [1.82, 2.24) is 0 Å². The quantitative estimate of drug-likeness (QED) is 0.174. The normalized spacial score (nSPS) is 14.5. The molecule has 0 radical (unpaired) electrons. The Morgan fingerprint density at radius 2 is 0.800 bits per heavy atom. The van der Waals surface area contributed by atoms with Crippen molar-refractivity contribution in [3.63, 3.8) is 0 Å². The van der Waals surface area contributed by atoms with E-state index in [2.05, 4.69) is 254 Å². The molecule has 2 nitrogen and oxygen atoms in total. The lowest BCUT2D eigenvalue weighted by Crippen LogP contribution is -2.29. The maximum absolute atomic E-state index is 6.70. The van der Waals surface area contributed by atoms with Gasteiger partial charge in [-0.3, -0.25) is 0 Å². The van der Waals surface area contributed by atoms with Crippen molar-refractivity contribution in [2.24, 2.45) is 0 Å². The molecule has 0 saturated heterocycles. The number of benzene rings is 11. The van der Waals surface area contributed by atoms with Crippen molar-refractivity contribution in [2.75, 3.05) is 4.90 Å². The second-order valence-corrected chi connectivity index (χ2v) is 19.7. The van der Waals surface area contributed by atoms with Gasteiger partial charge in [0.15, 0.2) is 0 Å². The summed E-state index contributed by atoms with van der Waals surface area (Å²) >= 11 is 1.90. The van der Waals surface area contributed by atoms with Crippen molar-refractivity contribution in [2.45, 2.75) is 5.41 Å². The Bertz CT molecular complexity index is 4130. The van der Waals surface area contributed by atoms with Gasteiger partial charge in [0.05, 0.1) is 11.1 Å². The molecular weight excluding hydrogens is 867 g/mol. The van der Waals surface area contributed by atoms with Gasteiger partial charge in [0, 0.05) is 48.2 Å². The fourth-order valence-corrected chi connectivity index (χ4v) is 13.3. The molecular formula is C67H41NOS. The second kappa shape index (κ2) is 15.1. The molecule has 0 fully saturated rings. The van der Waals surface area contributed by atoms with Gasteiger partial charge in [0.1, 0.15) is 11.5 Å². The Hall–Kier alpha value is -8.76. The predicted molar refractivity (Wildman–Crippen MR) is 292 cm³/mol. The van der Waals surface area contributed by atoms with E-state index in [0.717, 1.165) is 61.9 Å². The van der Waals surface area contributed by atoms with Crippen LogP contribution in [-0.4, -0.2) is 0 Å². The van der Waals surface area contributed by atoms with Crippen LogP contribution in [0, 0.1) is 0 Å². The average Bonchev–Trinajstić information content (AvgIpc) is 3.85. The van der Waals surface area contributed by atoms with E-state index in [1.165, 1.54) is 75.8 Å². The van der Waals surface area contributed by atoms with E-state index >= 15 is 0 Å². The van der Waals surface area contributed by atoms with Crippen molar-refractivity contribution in [1.29, 1.82) is 0 Å². The van der Waals surface area contributed by atoms with E-state index in [0.29, 0.717) is 0 Å². The average molecular weight is 908 g/mol. The lowest BCUT2D eigenvalue weighted by Gasteiger charge is -2.37. The first-order valence-corrected chi connectivity index (χ1v) is 24.9. The molecule has 70 heavy (non-hydrogen) atoms. The molecule has 1 spiro atoms. The Kier molecular flexibility index (Phi) is 8.48. The van der Waals surface area contributed by atoms with Gasteiger partial charge in [-0.15, -0.1) is 11.3 Å². The van der Waals surface area contributed by atoms with Gasteiger partial charge in [-0.25, -0.2) is 0 Å². The van der Waals surface area contributed by atoms with Crippen LogP contribution in [-0.2, 0) is 5.41 Å². The van der Waals surface area contributed by atoms with Gasteiger partial charge in [-0.2, -0.15) is 0 Å². The van der Waals surface area contributed by atoms with Gasteiger partial charge < -0.3 is 9.64 Å². The van der Waals surface area contributed by atoms with Crippen LogP contribution < -0.4 is 9.64 Å². The Morgan fingerprint density at radius 1 is 0.300 bits per heavy atom. The van der Waals surface area contributed by atoms with Gasteiger partial charge in [0.2, 0.25) is 0 Å². The highest BCUT2D eigenvalue weighted by molar-refractivity contribution is 7.25. The third kappa shape index (κ3) is 5.55. The largest absolute Gasteiger partial charge is 0.456 e. The summed E-state index contributed by atoms with van der Waals surface area (Å²) in [6.45, 7) is 0.